The van der Waals surface area contributed by atoms with Crippen LogP contribution in [0.2, 0.25) is 5.02 Å². The summed E-state index contributed by atoms with van der Waals surface area (Å²) in [6, 6.07) is 0. The summed E-state index contributed by atoms with van der Waals surface area (Å²) in [4.78, 5) is 0. The van der Waals surface area contributed by atoms with Crippen molar-refractivity contribution in [1.82, 2.24) is 0 Å². The van der Waals surface area contributed by atoms with E-state index < -0.39 is 0 Å². The summed E-state index contributed by atoms with van der Waals surface area (Å²) in [5.41, 5.74) is 1.04. The number of hydrogen-bond acceptors (Lipinski definition) is 0. The number of rotatable bonds is 0. The van der Waals surface area contributed by atoms with Crippen molar-refractivity contribution >= 4 is 82.0 Å². The van der Waals surface area contributed by atoms with E-state index in [1.165, 1.54) is 0 Å². The number of benzene rings is 1. The fraction of sp³-hybridized carbons (Fsp3) is 0.143. The second-order valence-electron chi connectivity index (χ2n) is 2.19. The Bertz CT molecular complexity index is 233. The van der Waals surface area contributed by atoms with E-state index in [4.69, 9.17) is 11.6 Å². The van der Waals surface area contributed by atoms with Crippen LogP contribution in [0.3, 0.4) is 0 Å². The minimum Gasteiger partial charge on any atom is -0.0827 e. The van der Waals surface area contributed by atoms with Gasteiger partial charge >= 0.3 is 0 Å². The molecule has 0 N–H and O–H groups in total. The number of halogens is 5. The van der Waals surface area contributed by atoms with E-state index in [0.717, 1.165) is 27.6 Å². The van der Waals surface area contributed by atoms with Crippen LogP contribution in [-0.4, -0.2) is 0 Å². The van der Waals surface area contributed by atoms with Crippen molar-refractivity contribution in [3.8, 4) is 0 Å². The summed E-state index contributed by atoms with van der Waals surface area (Å²) in [6.07, 6.45) is 0. The Morgan fingerprint density at radius 3 is 2.08 bits per heavy atom. The third kappa shape index (κ3) is 2.02. The lowest BCUT2D eigenvalue weighted by molar-refractivity contribution is 1.36. The monoisotopic (exact) mass is 486 g/mol. The van der Waals surface area contributed by atoms with Crippen LogP contribution in [-0.2, 0) is 0 Å². The van der Waals surface area contributed by atoms with Gasteiger partial charge in [-0.15, -0.1) is 0 Å². The lowest BCUT2D eigenvalue weighted by Crippen LogP contribution is -1.87. The van der Waals surface area contributed by atoms with E-state index in [-0.39, 0.29) is 0 Å². The Balaban J connectivity index is 3.60. The summed E-state index contributed by atoms with van der Waals surface area (Å²) in [5, 5.41) is 0.759. The lowest BCUT2D eigenvalue weighted by atomic mass is 10.2. The second-order valence-corrected chi connectivity index (χ2v) is 6.03. The summed E-state index contributed by atoms with van der Waals surface area (Å²) < 4.78 is 4.07. The van der Waals surface area contributed by atoms with Crippen LogP contribution in [0.15, 0.2) is 13.4 Å². The van der Waals surface area contributed by atoms with Gasteiger partial charge in [-0.1, -0.05) is 11.6 Å². The maximum absolute atomic E-state index is 6.06. The third-order valence-corrected chi connectivity index (χ3v) is 7.80. The van der Waals surface area contributed by atoms with Gasteiger partial charge in [0.1, 0.15) is 0 Å². The Morgan fingerprint density at radius 1 is 1.08 bits per heavy atom. The summed E-state index contributed by atoms with van der Waals surface area (Å²) in [7, 11) is 0. The first kappa shape index (κ1) is 11.8. The molecule has 0 atom stereocenters. The first-order valence-corrected chi connectivity index (χ1v) is 6.78. The van der Waals surface area contributed by atoms with Crippen molar-refractivity contribution in [2.45, 2.75) is 6.92 Å². The van der Waals surface area contributed by atoms with Crippen LogP contribution in [0.25, 0.3) is 0 Å². The molecule has 0 amide bonds. The SMILES string of the molecule is Cc1c(Cl)c(Br)c(I)c(Br)c1Br. The molecule has 0 aliphatic heterocycles. The Kier molecular flexibility index (Phi) is 4.37. The molecule has 0 spiro atoms. The molecule has 0 fully saturated rings. The average Bonchev–Trinajstić information content (AvgIpc) is 2.08. The lowest BCUT2D eigenvalue weighted by Gasteiger charge is -2.09. The average molecular weight is 489 g/mol. The van der Waals surface area contributed by atoms with Gasteiger partial charge in [0.05, 0.1) is 9.50 Å². The largest absolute Gasteiger partial charge is 0.0827 e. The molecular weight excluding hydrogens is 486 g/mol. The highest BCUT2D eigenvalue weighted by Crippen LogP contribution is 2.41. The van der Waals surface area contributed by atoms with Gasteiger partial charge in [0.2, 0.25) is 0 Å². The maximum atomic E-state index is 6.06. The summed E-state index contributed by atoms with van der Waals surface area (Å²) >= 11 is 18.6. The molecule has 0 bridgehead atoms. The first-order valence-electron chi connectivity index (χ1n) is 2.94. The van der Waals surface area contributed by atoms with Crippen molar-refractivity contribution in [3.63, 3.8) is 0 Å². The van der Waals surface area contributed by atoms with Gasteiger partial charge in [0.15, 0.2) is 0 Å². The molecule has 0 unspecified atom stereocenters. The standard InChI is InChI=1S/C7H3Br3ClI/c1-2-3(8)4(9)7(12)5(10)6(2)11/h1H3. The molecule has 0 aliphatic rings. The van der Waals surface area contributed by atoms with E-state index in [1.807, 2.05) is 6.92 Å². The minimum absolute atomic E-state index is 0.759. The van der Waals surface area contributed by atoms with E-state index in [2.05, 4.69) is 70.4 Å². The van der Waals surface area contributed by atoms with Crippen molar-refractivity contribution < 1.29 is 0 Å². The molecule has 5 heteroatoms. The summed E-state index contributed by atoms with van der Waals surface area (Å²) in [5.74, 6) is 0. The van der Waals surface area contributed by atoms with Crippen LogP contribution in [0.4, 0.5) is 0 Å². The van der Waals surface area contributed by atoms with Crippen molar-refractivity contribution in [2.75, 3.05) is 0 Å². The van der Waals surface area contributed by atoms with Crippen molar-refractivity contribution in [3.05, 3.63) is 27.6 Å². The quantitative estimate of drug-likeness (QED) is 0.255. The molecule has 0 aliphatic carbocycles. The van der Waals surface area contributed by atoms with Gasteiger partial charge in [0, 0.05) is 12.5 Å². The van der Waals surface area contributed by atoms with Crippen molar-refractivity contribution in [2.24, 2.45) is 0 Å². The molecule has 12 heavy (non-hydrogen) atoms. The van der Waals surface area contributed by atoms with Gasteiger partial charge in [-0.25, -0.2) is 0 Å². The zero-order valence-corrected chi connectivity index (χ0v) is 13.6. The molecule has 0 saturated heterocycles. The van der Waals surface area contributed by atoms with Gasteiger partial charge in [-0.05, 0) is 82.9 Å². The van der Waals surface area contributed by atoms with Crippen LogP contribution < -0.4 is 0 Å². The highest BCUT2D eigenvalue weighted by Gasteiger charge is 2.14. The molecular formula is C7H3Br3ClI. The predicted octanol–water partition coefficient (Wildman–Crippen LogP) is 5.54. The van der Waals surface area contributed by atoms with E-state index in [0.29, 0.717) is 0 Å². The Hall–Kier alpha value is 1.68. The fourth-order valence-electron chi connectivity index (χ4n) is 0.715. The molecule has 0 aromatic heterocycles. The van der Waals surface area contributed by atoms with E-state index in [9.17, 15) is 0 Å². The van der Waals surface area contributed by atoms with Crippen LogP contribution in [0, 0.1) is 10.5 Å². The van der Waals surface area contributed by atoms with Crippen LogP contribution in [0.5, 0.6) is 0 Å². The first-order chi connectivity index (χ1) is 5.46. The molecule has 0 nitrogen and oxygen atoms in total. The highest BCUT2D eigenvalue weighted by molar-refractivity contribution is 14.1. The highest BCUT2D eigenvalue weighted by atomic mass is 127. The smallest absolute Gasteiger partial charge is 0.0600 e. The molecule has 1 aromatic rings. The predicted molar refractivity (Wildman–Crippen MR) is 72.0 cm³/mol. The molecule has 1 aromatic carbocycles. The van der Waals surface area contributed by atoms with Gasteiger partial charge in [-0.2, -0.15) is 0 Å². The van der Waals surface area contributed by atoms with E-state index in [1.54, 1.807) is 0 Å². The van der Waals surface area contributed by atoms with E-state index >= 15 is 0 Å². The van der Waals surface area contributed by atoms with Gasteiger partial charge in [0.25, 0.3) is 0 Å². The molecule has 0 heterocycles. The zero-order valence-electron chi connectivity index (χ0n) is 5.89. The summed E-state index contributed by atoms with van der Waals surface area (Å²) in [6.45, 7) is 1.97. The second kappa shape index (κ2) is 4.47. The fourth-order valence-corrected chi connectivity index (χ4v) is 3.74. The zero-order chi connectivity index (χ0) is 9.46. The molecule has 0 saturated carbocycles. The van der Waals surface area contributed by atoms with Crippen LogP contribution >= 0.6 is 82.0 Å². The third-order valence-electron chi connectivity index (χ3n) is 1.43. The van der Waals surface area contributed by atoms with Gasteiger partial charge < -0.3 is 0 Å². The Labute approximate surface area is 115 Å². The number of hydrogen-bond donors (Lipinski definition) is 0. The molecule has 66 valence electrons. The minimum atomic E-state index is 0.759. The van der Waals surface area contributed by atoms with Crippen LogP contribution in [0.1, 0.15) is 5.56 Å². The van der Waals surface area contributed by atoms with Gasteiger partial charge in [-0.3, -0.25) is 0 Å². The molecule has 1 rings (SSSR count). The normalized spacial score (nSPS) is 10.5. The topological polar surface area (TPSA) is 0 Å². The van der Waals surface area contributed by atoms with Crippen molar-refractivity contribution in [1.29, 1.82) is 0 Å². The Morgan fingerprint density at radius 2 is 1.58 bits per heavy atom. The molecule has 0 radical (unpaired) electrons. The maximum Gasteiger partial charge on any atom is 0.0600 e.